The molecule has 1 unspecified atom stereocenters. The summed E-state index contributed by atoms with van der Waals surface area (Å²) in [6, 6.07) is 5.39. The standard InChI is InChI=1S/C15H21FN2/c1-11-3-6-13(16)14(9-11)18-8-7-17-15(2,10-18)12-4-5-12/h3,6,9,12,17H,4-5,7-8,10H2,1-2H3. The largest absolute Gasteiger partial charge is 0.366 e. The van der Waals surface area contributed by atoms with E-state index in [-0.39, 0.29) is 11.4 Å². The van der Waals surface area contributed by atoms with Crippen molar-refractivity contribution in [3.8, 4) is 0 Å². The number of piperazine rings is 1. The maximum Gasteiger partial charge on any atom is 0.146 e. The van der Waals surface area contributed by atoms with Crippen molar-refractivity contribution in [3.63, 3.8) is 0 Å². The number of nitrogens with one attached hydrogen (secondary N) is 1. The van der Waals surface area contributed by atoms with Gasteiger partial charge >= 0.3 is 0 Å². The van der Waals surface area contributed by atoms with Crippen LogP contribution in [0.25, 0.3) is 0 Å². The second kappa shape index (κ2) is 4.23. The summed E-state index contributed by atoms with van der Waals surface area (Å²) in [5, 5.41) is 3.63. The Labute approximate surface area is 108 Å². The molecule has 98 valence electrons. The van der Waals surface area contributed by atoms with Crippen LogP contribution in [0.2, 0.25) is 0 Å². The molecule has 0 aromatic heterocycles. The molecule has 3 rings (SSSR count). The van der Waals surface area contributed by atoms with Crippen LogP contribution in [0.1, 0.15) is 25.3 Å². The van der Waals surface area contributed by atoms with Crippen molar-refractivity contribution in [2.45, 2.75) is 32.2 Å². The normalized spacial score (nSPS) is 28.5. The molecular weight excluding hydrogens is 227 g/mol. The quantitative estimate of drug-likeness (QED) is 0.865. The molecule has 2 nitrogen and oxygen atoms in total. The summed E-state index contributed by atoms with van der Waals surface area (Å²) in [6.07, 6.45) is 2.63. The lowest BCUT2D eigenvalue weighted by Crippen LogP contribution is -2.60. The van der Waals surface area contributed by atoms with E-state index in [2.05, 4.69) is 17.1 Å². The summed E-state index contributed by atoms with van der Waals surface area (Å²) in [6.45, 7) is 7.05. The molecule has 1 aromatic rings. The van der Waals surface area contributed by atoms with Gasteiger partial charge in [-0.25, -0.2) is 4.39 Å². The van der Waals surface area contributed by atoms with Crippen LogP contribution in [-0.4, -0.2) is 25.2 Å². The maximum absolute atomic E-state index is 14.0. The molecule has 1 N–H and O–H groups in total. The Bertz CT molecular complexity index is 456. The zero-order valence-corrected chi connectivity index (χ0v) is 11.2. The third-order valence-electron chi connectivity index (χ3n) is 4.35. The molecule has 3 heteroatoms. The summed E-state index contributed by atoms with van der Waals surface area (Å²) in [5.74, 6) is 0.675. The third-order valence-corrected chi connectivity index (χ3v) is 4.35. The Morgan fingerprint density at radius 3 is 2.89 bits per heavy atom. The van der Waals surface area contributed by atoms with Gasteiger partial charge in [-0.1, -0.05) is 6.07 Å². The molecule has 1 aromatic carbocycles. The molecular formula is C15H21FN2. The van der Waals surface area contributed by atoms with Gasteiger partial charge in [0.15, 0.2) is 0 Å². The smallest absolute Gasteiger partial charge is 0.146 e. The van der Waals surface area contributed by atoms with Gasteiger partial charge in [0.25, 0.3) is 0 Å². The van der Waals surface area contributed by atoms with Crippen LogP contribution in [0.3, 0.4) is 0 Å². The van der Waals surface area contributed by atoms with Gasteiger partial charge in [-0.05, 0) is 50.3 Å². The number of benzene rings is 1. The van der Waals surface area contributed by atoms with Gasteiger partial charge < -0.3 is 10.2 Å². The van der Waals surface area contributed by atoms with Gasteiger partial charge in [0.05, 0.1) is 5.69 Å². The van der Waals surface area contributed by atoms with Crippen LogP contribution in [0.4, 0.5) is 10.1 Å². The lowest BCUT2D eigenvalue weighted by atomic mass is 9.92. The topological polar surface area (TPSA) is 15.3 Å². The van der Waals surface area contributed by atoms with Crippen molar-refractivity contribution in [1.29, 1.82) is 0 Å². The molecule has 1 saturated heterocycles. The summed E-state index contributed by atoms with van der Waals surface area (Å²) in [7, 11) is 0. The van der Waals surface area contributed by atoms with Crippen molar-refractivity contribution in [2.75, 3.05) is 24.5 Å². The monoisotopic (exact) mass is 248 g/mol. The van der Waals surface area contributed by atoms with Crippen molar-refractivity contribution >= 4 is 5.69 Å². The van der Waals surface area contributed by atoms with E-state index in [1.165, 1.54) is 12.8 Å². The molecule has 1 atom stereocenters. The van der Waals surface area contributed by atoms with Crippen molar-refractivity contribution in [2.24, 2.45) is 5.92 Å². The molecule has 1 heterocycles. The summed E-state index contributed by atoms with van der Waals surface area (Å²) in [5.41, 5.74) is 2.05. The van der Waals surface area contributed by atoms with Crippen LogP contribution in [-0.2, 0) is 0 Å². The van der Waals surface area contributed by atoms with Gasteiger partial charge in [-0.3, -0.25) is 0 Å². The molecule has 1 aliphatic carbocycles. The van der Waals surface area contributed by atoms with Gasteiger partial charge in [0.2, 0.25) is 0 Å². The maximum atomic E-state index is 14.0. The first kappa shape index (κ1) is 12.0. The van der Waals surface area contributed by atoms with Crippen molar-refractivity contribution < 1.29 is 4.39 Å². The predicted molar refractivity (Wildman–Crippen MR) is 72.5 cm³/mol. The second-order valence-electron chi connectivity index (χ2n) is 5.99. The van der Waals surface area contributed by atoms with Crippen LogP contribution in [0.15, 0.2) is 18.2 Å². The van der Waals surface area contributed by atoms with E-state index in [0.29, 0.717) is 0 Å². The van der Waals surface area contributed by atoms with E-state index in [1.54, 1.807) is 6.07 Å². The van der Waals surface area contributed by atoms with E-state index in [0.717, 1.165) is 36.8 Å². The number of nitrogens with zero attached hydrogens (tertiary/aromatic N) is 1. The van der Waals surface area contributed by atoms with Crippen LogP contribution >= 0.6 is 0 Å². The van der Waals surface area contributed by atoms with E-state index < -0.39 is 0 Å². The predicted octanol–water partition coefficient (Wildman–Crippen LogP) is 2.71. The van der Waals surface area contributed by atoms with Gasteiger partial charge in [-0.2, -0.15) is 0 Å². The molecule has 2 aliphatic rings. The molecule has 1 saturated carbocycles. The minimum absolute atomic E-state index is 0.0966. The lowest BCUT2D eigenvalue weighted by Gasteiger charge is -2.43. The highest BCUT2D eigenvalue weighted by Gasteiger charge is 2.44. The van der Waals surface area contributed by atoms with Gasteiger partial charge in [-0.15, -0.1) is 0 Å². The number of rotatable bonds is 2. The molecule has 0 spiro atoms. The fourth-order valence-corrected chi connectivity index (χ4v) is 3.07. The Morgan fingerprint density at radius 1 is 1.39 bits per heavy atom. The first-order valence-corrected chi connectivity index (χ1v) is 6.85. The fourth-order valence-electron chi connectivity index (χ4n) is 3.07. The van der Waals surface area contributed by atoms with Crippen LogP contribution in [0.5, 0.6) is 0 Å². The number of anilines is 1. The van der Waals surface area contributed by atoms with Crippen LogP contribution < -0.4 is 10.2 Å². The molecule has 0 bridgehead atoms. The van der Waals surface area contributed by atoms with E-state index in [1.807, 2.05) is 19.1 Å². The van der Waals surface area contributed by atoms with Gasteiger partial charge in [0, 0.05) is 25.2 Å². The zero-order valence-electron chi connectivity index (χ0n) is 11.2. The van der Waals surface area contributed by atoms with E-state index in [4.69, 9.17) is 0 Å². The highest BCUT2D eigenvalue weighted by Crippen LogP contribution is 2.41. The van der Waals surface area contributed by atoms with E-state index in [9.17, 15) is 4.39 Å². The summed E-state index contributed by atoms with van der Waals surface area (Å²) >= 11 is 0. The van der Waals surface area contributed by atoms with Crippen molar-refractivity contribution in [3.05, 3.63) is 29.6 Å². The minimum atomic E-state index is -0.0966. The summed E-state index contributed by atoms with van der Waals surface area (Å²) in [4.78, 5) is 2.21. The highest BCUT2D eigenvalue weighted by molar-refractivity contribution is 5.51. The first-order chi connectivity index (χ1) is 8.58. The Balaban J connectivity index is 1.85. The number of hydrogen-bond donors (Lipinski definition) is 1. The first-order valence-electron chi connectivity index (χ1n) is 6.85. The third kappa shape index (κ3) is 2.12. The molecule has 18 heavy (non-hydrogen) atoms. The Hall–Kier alpha value is -1.09. The fraction of sp³-hybridized carbons (Fsp3) is 0.600. The number of hydrogen-bond acceptors (Lipinski definition) is 2. The minimum Gasteiger partial charge on any atom is -0.366 e. The molecule has 2 fully saturated rings. The van der Waals surface area contributed by atoms with Gasteiger partial charge in [0.1, 0.15) is 5.82 Å². The lowest BCUT2D eigenvalue weighted by molar-refractivity contribution is 0.284. The summed E-state index contributed by atoms with van der Waals surface area (Å²) < 4.78 is 14.0. The zero-order chi connectivity index (χ0) is 12.8. The Morgan fingerprint density at radius 2 is 2.17 bits per heavy atom. The average Bonchev–Trinajstić information content (AvgIpc) is 3.17. The van der Waals surface area contributed by atoms with Crippen molar-refractivity contribution in [1.82, 2.24) is 5.32 Å². The second-order valence-corrected chi connectivity index (χ2v) is 5.99. The molecule has 1 aliphatic heterocycles. The van der Waals surface area contributed by atoms with E-state index >= 15 is 0 Å². The van der Waals surface area contributed by atoms with Crippen LogP contribution in [0, 0.1) is 18.7 Å². The molecule has 0 radical (unpaired) electrons. The SMILES string of the molecule is Cc1ccc(F)c(N2CCNC(C)(C3CC3)C2)c1. The highest BCUT2D eigenvalue weighted by atomic mass is 19.1. The average molecular weight is 248 g/mol. The Kier molecular flexibility index (Phi) is 2.81. The number of aryl methyl sites for hydroxylation is 1. The number of halogens is 1. The molecule has 0 amide bonds.